The maximum absolute atomic E-state index is 3.36. The van der Waals surface area contributed by atoms with E-state index in [0.717, 1.165) is 0 Å². The van der Waals surface area contributed by atoms with Gasteiger partial charge in [0.1, 0.15) is 0 Å². The first-order valence-corrected chi connectivity index (χ1v) is 5.42. The molecule has 0 aliphatic carbocycles. The minimum atomic E-state index is 0.581. The van der Waals surface area contributed by atoms with Crippen molar-refractivity contribution in [2.24, 2.45) is 0 Å². The van der Waals surface area contributed by atoms with E-state index in [-0.39, 0.29) is 0 Å². The van der Waals surface area contributed by atoms with Crippen LogP contribution in [0.2, 0.25) is 0 Å². The number of aryl methyl sites for hydroxylation is 1. The summed E-state index contributed by atoms with van der Waals surface area (Å²) in [7, 11) is 2.04. The quantitative estimate of drug-likeness (QED) is 0.771. The molecule has 0 amide bonds. The lowest BCUT2D eigenvalue weighted by atomic mass is 9.91. The first-order valence-electron chi connectivity index (χ1n) is 5.42. The molecular formula is C13H21N. The van der Waals surface area contributed by atoms with Crippen LogP contribution in [0.25, 0.3) is 0 Å². The van der Waals surface area contributed by atoms with Gasteiger partial charge in [0, 0.05) is 6.04 Å². The van der Waals surface area contributed by atoms with E-state index < -0.39 is 0 Å². The number of benzene rings is 1. The van der Waals surface area contributed by atoms with Crippen molar-refractivity contribution in [2.45, 2.75) is 39.2 Å². The molecule has 1 N–H and O–H groups in total. The molecule has 0 aliphatic heterocycles. The lowest BCUT2D eigenvalue weighted by Crippen LogP contribution is -2.29. The zero-order valence-electron chi connectivity index (χ0n) is 9.67. The highest BCUT2D eigenvalue weighted by Crippen LogP contribution is 2.21. The monoisotopic (exact) mass is 191 g/mol. The summed E-state index contributed by atoms with van der Waals surface area (Å²) < 4.78 is 0. The van der Waals surface area contributed by atoms with Gasteiger partial charge in [0.2, 0.25) is 0 Å². The van der Waals surface area contributed by atoms with E-state index in [1.165, 1.54) is 17.5 Å². The molecule has 78 valence electrons. The van der Waals surface area contributed by atoms with E-state index in [9.17, 15) is 0 Å². The Morgan fingerprint density at radius 3 is 2.21 bits per heavy atom. The highest BCUT2D eigenvalue weighted by molar-refractivity contribution is 5.25. The number of likely N-dealkylation sites (N-methyl/N-ethyl adjacent to an activating group) is 1. The van der Waals surface area contributed by atoms with E-state index in [2.05, 4.69) is 50.4 Å². The fourth-order valence-corrected chi connectivity index (χ4v) is 1.91. The summed E-state index contributed by atoms with van der Waals surface area (Å²) in [6, 6.07) is 9.43. The number of rotatable bonds is 4. The summed E-state index contributed by atoms with van der Waals surface area (Å²) in [5.41, 5.74) is 2.76. The van der Waals surface area contributed by atoms with Gasteiger partial charge in [0.25, 0.3) is 0 Å². The van der Waals surface area contributed by atoms with Gasteiger partial charge in [0.15, 0.2) is 0 Å². The molecule has 1 nitrogen and oxygen atoms in total. The number of nitrogens with one attached hydrogen (secondary N) is 1. The van der Waals surface area contributed by atoms with Crippen molar-refractivity contribution in [1.82, 2.24) is 5.32 Å². The van der Waals surface area contributed by atoms with Crippen LogP contribution >= 0.6 is 0 Å². The highest BCUT2D eigenvalue weighted by Gasteiger charge is 2.14. The Kier molecular flexibility index (Phi) is 4.15. The average Bonchev–Trinajstić information content (AvgIpc) is 2.20. The zero-order chi connectivity index (χ0) is 10.6. The fourth-order valence-electron chi connectivity index (χ4n) is 1.91. The fraction of sp³-hybridized carbons (Fsp3) is 0.538. The molecule has 0 saturated carbocycles. The molecule has 2 unspecified atom stereocenters. The van der Waals surface area contributed by atoms with Crippen molar-refractivity contribution in [3.05, 3.63) is 35.4 Å². The second-order valence-electron chi connectivity index (χ2n) is 4.00. The second kappa shape index (κ2) is 5.16. The lowest BCUT2D eigenvalue weighted by molar-refractivity contribution is 0.473. The first-order chi connectivity index (χ1) is 6.69. The maximum Gasteiger partial charge on any atom is 0.0127 e. The Labute approximate surface area is 87.5 Å². The Balaban J connectivity index is 2.77. The molecule has 0 bridgehead atoms. The van der Waals surface area contributed by atoms with E-state index in [0.29, 0.717) is 12.0 Å². The third kappa shape index (κ3) is 2.58. The van der Waals surface area contributed by atoms with Crippen molar-refractivity contribution >= 4 is 0 Å². The Morgan fingerprint density at radius 2 is 1.79 bits per heavy atom. The molecule has 0 aromatic heterocycles. The second-order valence-corrected chi connectivity index (χ2v) is 4.00. The van der Waals surface area contributed by atoms with Crippen molar-refractivity contribution in [3.63, 3.8) is 0 Å². The highest BCUT2D eigenvalue weighted by atomic mass is 14.9. The molecule has 0 saturated heterocycles. The molecule has 2 atom stereocenters. The van der Waals surface area contributed by atoms with Gasteiger partial charge < -0.3 is 5.32 Å². The van der Waals surface area contributed by atoms with Gasteiger partial charge in [-0.1, -0.05) is 43.7 Å². The van der Waals surface area contributed by atoms with E-state index in [1.807, 2.05) is 7.05 Å². The molecule has 0 heterocycles. The van der Waals surface area contributed by atoms with Crippen LogP contribution in [-0.4, -0.2) is 13.1 Å². The van der Waals surface area contributed by atoms with Crippen molar-refractivity contribution in [1.29, 1.82) is 0 Å². The van der Waals surface area contributed by atoms with Crippen LogP contribution in [0.3, 0.4) is 0 Å². The summed E-state index contributed by atoms with van der Waals surface area (Å²) in [5.74, 6) is 0.589. The molecule has 0 aliphatic rings. The van der Waals surface area contributed by atoms with Crippen molar-refractivity contribution in [3.8, 4) is 0 Å². The predicted molar refractivity (Wildman–Crippen MR) is 62.7 cm³/mol. The van der Waals surface area contributed by atoms with Gasteiger partial charge in [0.05, 0.1) is 0 Å². The van der Waals surface area contributed by atoms with Gasteiger partial charge >= 0.3 is 0 Å². The van der Waals surface area contributed by atoms with Crippen LogP contribution in [0.5, 0.6) is 0 Å². The van der Waals surface area contributed by atoms with Gasteiger partial charge in [-0.2, -0.15) is 0 Å². The maximum atomic E-state index is 3.36. The minimum Gasteiger partial charge on any atom is -0.316 e. The third-order valence-corrected chi connectivity index (χ3v) is 3.02. The summed E-state index contributed by atoms with van der Waals surface area (Å²) in [5, 5.41) is 3.36. The number of hydrogen-bond acceptors (Lipinski definition) is 1. The van der Waals surface area contributed by atoms with Crippen LogP contribution in [0, 0.1) is 6.92 Å². The molecule has 1 aromatic rings. The number of hydrogen-bond donors (Lipinski definition) is 1. The third-order valence-electron chi connectivity index (χ3n) is 3.02. The van der Waals surface area contributed by atoms with Crippen LogP contribution in [0.1, 0.15) is 37.3 Å². The molecule has 0 spiro atoms. The summed E-state index contributed by atoms with van der Waals surface area (Å²) in [6.45, 7) is 6.64. The van der Waals surface area contributed by atoms with Crippen LogP contribution in [-0.2, 0) is 0 Å². The van der Waals surface area contributed by atoms with Gasteiger partial charge in [-0.25, -0.2) is 0 Å². The summed E-state index contributed by atoms with van der Waals surface area (Å²) in [4.78, 5) is 0. The molecule has 14 heavy (non-hydrogen) atoms. The first kappa shape index (κ1) is 11.3. The molecule has 0 fully saturated rings. The Morgan fingerprint density at radius 1 is 1.21 bits per heavy atom. The van der Waals surface area contributed by atoms with Crippen molar-refractivity contribution in [2.75, 3.05) is 7.05 Å². The molecule has 1 rings (SSSR count). The smallest absolute Gasteiger partial charge is 0.0127 e. The lowest BCUT2D eigenvalue weighted by Gasteiger charge is -2.22. The van der Waals surface area contributed by atoms with Crippen LogP contribution in [0.4, 0.5) is 0 Å². The topological polar surface area (TPSA) is 12.0 Å². The molecule has 0 radical (unpaired) electrons. The summed E-state index contributed by atoms with van der Waals surface area (Å²) in [6.07, 6.45) is 1.17. The Hall–Kier alpha value is -0.820. The van der Waals surface area contributed by atoms with Gasteiger partial charge in [-0.05, 0) is 31.9 Å². The average molecular weight is 191 g/mol. The van der Waals surface area contributed by atoms with E-state index in [4.69, 9.17) is 0 Å². The molecule has 1 aromatic carbocycles. The normalized spacial score (nSPS) is 15.1. The standard InChI is InChI=1S/C13H21N/c1-5-13(14-4)11(3)12-8-6-10(2)7-9-12/h6-9,11,13-14H,5H2,1-4H3. The van der Waals surface area contributed by atoms with Crippen LogP contribution < -0.4 is 5.32 Å². The summed E-state index contributed by atoms with van der Waals surface area (Å²) >= 11 is 0. The van der Waals surface area contributed by atoms with Crippen LogP contribution in [0.15, 0.2) is 24.3 Å². The zero-order valence-corrected chi connectivity index (χ0v) is 9.67. The predicted octanol–water partition coefficient (Wildman–Crippen LogP) is 3.10. The minimum absolute atomic E-state index is 0.581. The van der Waals surface area contributed by atoms with Gasteiger partial charge in [-0.3, -0.25) is 0 Å². The SMILES string of the molecule is CCC(NC)C(C)c1ccc(C)cc1. The molecular weight excluding hydrogens is 170 g/mol. The van der Waals surface area contributed by atoms with E-state index >= 15 is 0 Å². The Bertz CT molecular complexity index is 259. The van der Waals surface area contributed by atoms with Crippen molar-refractivity contribution < 1.29 is 0 Å². The van der Waals surface area contributed by atoms with Gasteiger partial charge in [-0.15, -0.1) is 0 Å². The largest absolute Gasteiger partial charge is 0.316 e. The van der Waals surface area contributed by atoms with E-state index in [1.54, 1.807) is 0 Å². The molecule has 1 heteroatoms.